The second kappa shape index (κ2) is 7.24. The van der Waals surface area contributed by atoms with Crippen molar-refractivity contribution in [1.29, 1.82) is 0 Å². The molecule has 1 saturated heterocycles. The lowest BCUT2D eigenvalue weighted by Crippen LogP contribution is -2.41. The van der Waals surface area contributed by atoms with Crippen LogP contribution in [0.15, 0.2) is 42.7 Å². The number of aromatic nitrogens is 2. The predicted octanol–water partition coefficient (Wildman–Crippen LogP) is 0.0395. The van der Waals surface area contributed by atoms with Crippen LogP contribution in [0.4, 0.5) is 5.69 Å². The van der Waals surface area contributed by atoms with Crippen LogP contribution in [0.3, 0.4) is 0 Å². The van der Waals surface area contributed by atoms with Crippen molar-refractivity contribution in [3.05, 3.63) is 42.7 Å². The zero-order valence-electron chi connectivity index (χ0n) is 13.3. The molecule has 2 unspecified atom stereocenters. The van der Waals surface area contributed by atoms with E-state index in [1.165, 1.54) is 0 Å². The van der Waals surface area contributed by atoms with Crippen LogP contribution in [0.5, 0.6) is 0 Å². The number of benzene rings is 1. The van der Waals surface area contributed by atoms with E-state index >= 15 is 0 Å². The minimum Gasteiger partial charge on any atom is -0.347 e. The molecular formula is C16H20N6O2. The van der Waals surface area contributed by atoms with Crippen LogP contribution in [0.25, 0.3) is 5.69 Å². The third kappa shape index (κ3) is 3.79. The summed E-state index contributed by atoms with van der Waals surface area (Å²) in [6.07, 6.45) is 3.55. The molecule has 3 rings (SSSR count). The van der Waals surface area contributed by atoms with Crippen LogP contribution < -0.4 is 21.5 Å². The molecule has 126 valence electrons. The number of hydrogen-bond donors (Lipinski definition) is 4. The Morgan fingerprint density at radius 2 is 2.12 bits per heavy atom. The highest BCUT2D eigenvalue weighted by atomic mass is 16.2. The quantitative estimate of drug-likeness (QED) is 0.621. The number of amides is 2. The summed E-state index contributed by atoms with van der Waals surface area (Å²) < 4.78 is 1.73. The van der Waals surface area contributed by atoms with Crippen LogP contribution in [0, 0.1) is 5.92 Å². The van der Waals surface area contributed by atoms with E-state index in [9.17, 15) is 9.59 Å². The summed E-state index contributed by atoms with van der Waals surface area (Å²) in [6.45, 7) is 2.43. The predicted molar refractivity (Wildman–Crippen MR) is 89.3 cm³/mol. The lowest BCUT2D eigenvalue weighted by atomic mass is 10.0. The van der Waals surface area contributed by atoms with E-state index in [0.29, 0.717) is 12.2 Å². The first-order valence-electron chi connectivity index (χ1n) is 7.79. The monoisotopic (exact) mass is 328 g/mol. The van der Waals surface area contributed by atoms with E-state index in [0.717, 1.165) is 5.69 Å². The van der Waals surface area contributed by atoms with Gasteiger partial charge in [-0.05, 0) is 37.3 Å². The summed E-state index contributed by atoms with van der Waals surface area (Å²) >= 11 is 0. The van der Waals surface area contributed by atoms with Gasteiger partial charge in [0.15, 0.2) is 0 Å². The lowest BCUT2D eigenvalue weighted by molar-refractivity contribution is -0.127. The van der Waals surface area contributed by atoms with Gasteiger partial charge in [0, 0.05) is 30.7 Å². The fraction of sp³-hybridized carbons (Fsp3) is 0.312. The highest BCUT2D eigenvalue weighted by Crippen LogP contribution is 2.12. The number of anilines is 1. The van der Waals surface area contributed by atoms with Gasteiger partial charge >= 0.3 is 0 Å². The number of carbonyl (C=O) groups excluding carboxylic acids is 2. The van der Waals surface area contributed by atoms with Crippen molar-refractivity contribution >= 4 is 17.5 Å². The summed E-state index contributed by atoms with van der Waals surface area (Å²) in [5.74, 6) is -0.572. The first-order valence-corrected chi connectivity index (χ1v) is 7.79. The third-order valence-corrected chi connectivity index (χ3v) is 3.94. The van der Waals surface area contributed by atoms with Crippen LogP contribution in [-0.2, 0) is 9.59 Å². The zero-order chi connectivity index (χ0) is 16.9. The molecule has 0 radical (unpaired) electrons. The highest BCUT2D eigenvalue weighted by Gasteiger charge is 2.29. The van der Waals surface area contributed by atoms with Gasteiger partial charge in [-0.25, -0.2) is 4.68 Å². The minimum atomic E-state index is -0.262. The van der Waals surface area contributed by atoms with E-state index < -0.39 is 0 Å². The summed E-state index contributed by atoms with van der Waals surface area (Å²) in [4.78, 5) is 24.0. The molecule has 1 aliphatic heterocycles. The molecule has 8 nitrogen and oxygen atoms in total. The molecule has 4 N–H and O–H groups in total. The van der Waals surface area contributed by atoms with E-state index in [1.54, 1.807) is 23.0 Å². The molecule has 2 aromatic rings. The first kappa shape index (κ1) is 16.2. The summed E-state index contributed by atoms with van der Waals surface area (Å²) in [6, 6.07) is 9.20. The smallest absolute Gasteiger partial charge is 0.243 e. The van der Waals surface area contributed by atoms with E-state index in [2.05, 4.69) is 26.6 Å². The number of hydrazine groups is 1. The number of nitrogens with one attached hydrogen (secondary N) is 4. The molecule has 8 heteroatoms. The Kier molecular flexibility index (Phi) is 4.88. The molecule has 1 aromatic carbocycles. The van der Waals surface area contributed by atoms with Gasteiger partial charge in [-0.1, -0.05) is 0 Å². The molecule has 0 saturated carbocycles. The van der Waals surface area contributed by atoms with Crippen molar-refractivity contribution in [2.24, 2.45) is 5.92 Å². The van der Waals surface area contributed by atoms with Gasteiger partial charge in [-0.15, -0.1) is 0 Å². The largest absolute Gasteiger partial charge is 0.347 e. The van der Waals surface area contributed by atoms with Crippen LogP contribution in [0.2, 0.25) is 0 Å². The molecule has 0 spiro atoms. The van der Waals surface area contributed by atoms with Crippen molar-refractivity contribution in [3.63, 3.8) is 0 Å². The van der Waals surface area contributed by atoms with Gasteiger partial charge in [0.1, 0.15) is 0 Å². The second-order valence-electron chi connectivity index (χ2n) is 5.68. The molecule has 2 amide bonds. The van der Waals surface area contributed by atoms with Crippen molar-refractivity contribution < 1.29 is 9.59 Å². The normalized spacial score (nSPS) is 19.9. The number of nitrogens with zero attached hydrogens (tertiary/aromatic N) is 2. The number of carbonyl (C=O) groups is 2. The third-order valence-electron chi connectivity index (χ3n) is 3.94. The van der Waals surface area contributed by atoms with Crippen molar-refractivity contribution in [2.45, 2.75) is 13.0 Å². The molecule has 1 aliphatic rings. The van der Waals surface area contributed by atoms with Gasteiger partial charge in [-0.3, -0.25) is 20.4 Å². The standard InChI is InChI=1S/C16H20N6O2/c1-11-14(9-18-21-11)16(24)17-10-15(23)20-12-3-5-13(6-4-12)22-8-2-7-19-22/h2-8,11,14,18,21H,9-10H2,1H3,(H,17,24)(H,20,23). The highest BCUT2D eigenvalue weighted by molar-refractivity contribution is 5.95. The number of hydrogen-bond acceptors (Lipinski definition) is 5. The van der Waals surface area contributed by atoms with Crippen molar-refractivity contribution in [2.75, 3.05) is 18.4 Å². The van der Waals surface area contributed by atoms with E-state index in [1.807, 2.05) is 31.3 Å². The topological polar surface area (TPSA) is 100 Å². The van der Waals surface area contributed by atoms with Crippen LogP contribution in [-0.4, -0.2) is 40.7 Å². The average molecular weight is 328 g/mol. The molecule has 2 atom stereocenters. The molecule has 1 aromatic heterocycles. The van der Waals surface area contributed by atoms with Crippen molar-refractivity contribution in [1.82, 2.24) is 25.9 Å². The summed E-state index contributed by atoms with van der Waals surface area (Å²) in [5.41, 5.74) is 7.48. The van der Waals surface area contributed by atoms with Gasteiger partial charge in [-0.2, -0.15) is 5.10 Å². The van der Waals surface area contributed by atoms with E-state index in [4.69, 9.17) is 0 Å². The molecule has 24 heavy (non-hydrogen) atoms. The van der Waals surface area contributed by atoms with Gasteiger partial charge in [0.25, 0.3) is 0 Å². The Hall–Kier alpha value is -2.71. The molecular weight excluding hydrogens is 308 g/mol. The summed E-state index contributed by atoms with van der Waals surface area (Å²) in [7, 11) is 0. The van der Waals surface area contributed by atoms with Gasteiger partial charge in [0.05, 0.1) is 18.2 Å². The average Bonchev–Trinajstić information content (AvgIpc) is 3.25. The minimum absolute atomic E-state index is 0.0444. The Labute approximate surface area is 139 Å². The zero-order valence-corrected chi connectivity index (χ0v) is 13.3. The van der Waals surface area contributed by atoms with Gasteiger partial charge < -0.3 is 10.6 Å². The first-order chi connectivity index (χ1) is 11.6. The maximum Gasteiger partial charge on any atom is 0.243 e. The molecule has 0 bridgehead atoms. The lowest BCUT2D eigenvalue weighted by Gasteiger charge is -2.13. The van der Waals surface area contributed by atoms with Crippen molar-refractivity contribution in [3.8, 4) is 5.69 Å². The Bertz CT molecular complexity index is 698. The Balaban J connectivity index is 1.49. The van der Waals surface area contributed by atoms with Crippen LogP contribution in [0.1, 0.15) is 6.92 Å². The maximum atomic E-state index is 12.0. The fourth-order valence-electron chi connectivity index (χ4n) is 2.55. The Morgan fingerprint density at radius 1 is 1.33 bits per heavy atom. The van der Waals surface area contributed by atoms with E-state index in [-0.39, 0.29) is 30.3 Å². The number of rotatable bonds is 5. The maximum absolute atomic E-state index is 12.0. The van der Waals surface area contributed by atoms with Crippen LogP contribution >= 0.6 is 0 Å². The Morgan fingerprint density at radius 3 is 2.75 bits per heavy atom. The molecule has 0 aliphatic carbocycles. The fourth-order valence-corrected chi connectivity index (χ4v) is 2.55. The summed E-state index contributed by atoms with van der Waals surface area (Å²) in [5, 5.41) is 9.56. The van der Waals surface area contributed by atoms with Gasteiger partial charge in [0.2, 0.25) is 11.8 Å². The second-order valence-corrected chi connectivity index (χ2v) is 5.68. The molecule has 2 heterocycles. The SMILES string of the molecule is CC1NNCC1C(=O)NCC(=O)Nc1ccc(-n2cccn2)cc1. The molecule has 1 fully saturated rings.